The van der Waals surface area contributed by atoms with Crippen LogP contribution >= 0.6 is 11.6 Å². The molecule has 5 heteroatoms. The van der Waals surface area contributed by atoms with Gasteiger partial charge in [0, 0.05) is 0 Å². The highest BCUT2D eigenvalue weighted by atomic mass is 35.5. The zero-order chi connectivity index (χ0) is 14.0. The third kappa shape index (κ3) is 3.03. The predicted octanol–water partition coefficient (Wildman–Crippen LogP) is 3.84. The Morgan fingerprint density at radius 2 is 2.00 bits per heavy atom. The van der Waals surface area contributed by atoms with E-state index in [1.54, 1.807) is 6.07 Å². The second kappa shape index (κ2) is 5.28. The highest BCUT2D eigenvalue weighted by molar-refractivity contribution is 6.29. The maximum absolute atomic E-state index is 11.1. The first-order chi connectivity index (χ1) is 8.97. The fourth-order valence-electron chi connectivity index (χ4n) is 1.68. The fourth-order valence-corrected chi connectivity index (χ4v) is 1.82. The van der Waals surface area contributed by atoms with Crippen molar-refractivity contribution in [2.24, 2.45) is 0 Å². The molecule has 0 amide bonds. The van der Waals surface area contributed by atoms with Gasteiger partial charge in [-0.1, -0.05) is 29.3 Å². The molecule has 19 heavy (non-hydrogen) atoms. The number of aryl methyl sites for hydroxylation is 2. The topological polar surface area (TPSA) is 59.4 Å². The van der Waals surface area contributed by atoms with Gasteiger partial charge in [-0.05, 0) is 37.6 Å². The first-order valence-electron chi connectivity index (χ1n) is 5.62. The molecule has 98 valence electrons. The van der Waals surface area contributed by atoms with Crippen LogP contribution in [0.5, 0.6) is 11.6 Å². The average molecular weight is 278 g/mol. The van der Waals surface area contributed by atoms with E-state index in [-0.39, 0.29) is 16.6 Å². The number of ether oxygens (including phenoxy) is 1. The number of carboxylic acid groups (broad SMARTS) is 1. The Morgan fingerprint density at radius 3 is 2.63 bits per heavy atom. The molecule has 0 unspecified atom stereocenters. The summed E-state index contributed by atoms with van der Waals surface area (Å²) in [6.07, 6.45) is 0. The van der Waals surface area contributed by atoms with Crippen molar-refractivity contribution >= 4 is 17.6 Å². The van der Waals surface area contributed by atoms with Gasteiger partial charge in [0.15, 0.2) is 0 Å². The first kappa shape index (κ1) is 13.4. The number of carboxylic acids is 1. The number of aromatic carboxylic acids is 1. The van der Waals surface area contributed by atoms with Crippen LogP contribution in [-0.4, -0.2) is 16.1 Å². The molecule has 0 saturated carbocycles. The second-order valence-electron chi connectivity index (χ2n) is 4.16. The molecule has 0 bridgehead atoms. The van der Waals surface area contributed by atoms with E-state index in [1.807, 2.05) is 26.0 Å². The van der Waals surface area contributed by atoms with E-state index in [2.05, 4.69) is 4.98 Å². The number of carbonyl (C=O) groups is 1. The zero-order valence-corrected chi connectivity index (χ0v) is 11.2. The van der Waals surface area contributed by atoms with Crippen LogP contribution in [0.2, 0.25) is 5.15 Å². The van der Waals surface area contributed by atoms with Crippen LogP contribution in [0.1, 0.15) is 21.5 Å². The summed E-state index contributed by atoms with van der Waals surface area (Å²) >= 11 is 5.77. The molecule has 1 N–H and O–H groups in total. The van der Waals surface area contributed by atoms with Gasteiger partial charge < -0.3 is 9.84 Å². The van der Waals surface area contributed by atoms with E-state index in [4.69, 9.17) is 21.4 Å². The highest BCUT2D eigenvalue weighted by Gasteiger charge is 2.15. The number of hydrogen-bond donors (Lipinski definition) is 1. The van der Waals surface area contributed by atoms with Crippen LogP contribution in [0.4, 0.5) is 0 Å². The summed E-state index contributed by atoms with van der Waals surface area (Å²) in [6.45, 7) is 3.85. The molecule has 1 aromatic carbocycles. The fraction of sp³-hybridized carbons (Fsp3) is 0.143. The Morgan fingerprint density at radius 1 is 1.26 bits per heavy atom. The Kier molecular flexibility index (Phi) is 3.71. The molecule has 1 aromatic heterocycles. The van der Waals surface area contributed by atoms with Crippen molar-refractivity contribution in [3.63, 3.8) is 0 Å². The van der Waals surface area contributed by atoms with Gasteiger partial charge in [-0.2, -0.15) is 0 Å². The van der Waals surface area contributed by atoms with Crippen molar-refractivity contribution in [2.45, 2.75) is 13.8 Å². The largest absolute Gasteiger partial charge is 0.477 e. The number of pyridine rings is 1. The monoisotopic (exact) mass is 277 g/mol. The summed E-state index contributed by atoms with van der Waals surface area (Å²) in [6, 6.07) is 8.39. The molecule has 0 aliphatic rings. The molecule has 0 aliphatic carbocycles. The van der Waals surface area contributed by atoms with E-state index in [1.165, 1.54) is 12.1 Å². The third-order valence-electron chi connectivity index (χ3n) is 2.59. The Labute approximate surface area is 115 Å². The SMILES string of the molecule is Cc1ccc(Oc2nc(Cl)ccc2C(=O)O)c(C)c1. The Hall–Kier alpha value is -2.07. The number of hydrogen-bond acceptors (Lipinski definition) is 3. The molecule has 0 atom stereocenters. The molecule has 2 aromatic rings. The van der Waals surface area contributed by atoms with E-state index in [0.29, 0.717) is 5.75 Å². The van der Waals surface area contributed by atoms with Crippen molar-refractivity contribution in [3.05, 3.63) is 52.2 Å². The number of benzene rings is 1. The maximum Gasteiger partial charge on any atom is 0.341 e. The molecular formula is C14H12ClNO3. The van der Waals surface area contributed by atoms with E-state index >= 15 is 0 Å². The minimum Gasteiger partial charge on any atom is -0.477 e. The highest BCUT2D eigenvalue weighted by Crippen LogP contribution is 2.28. The molecule has 0 spiro atoms. The van der Waals surface area contributed by atoms with Crippen LogP contribution in [0.3, 0.4) is 0 Å². The smallest absolute Gasteiger partial charge is 0.341 e. The van der Waals surface area contributed by atoms with Gasteiger partial charge in [0.05, 0.1) is 0 Å². The number of aromatic nitrogens is 1. The zero-order valence-electron chi connectivity index (χ0n) is 10.5. The van der Waals surface area contributed by atoms with Crippen LogP contribution in [0.25, 0.3) is 0 Å². The van der Waals surface area contributed by atoms with Crippen molar-refractivity contribution in [3.8, 4) is 11.6 Å². The van der Waals surface area contributed by atoms with Gasteiger partial charge in [0.25, 0.3) is 0 Å². The van der Waals surface area contributed by atoms with Gasteiger partial charge in [0.2, 0.25) is 5.88 Å². The van der Waals surface area contributed by atoms with Crippen molar-refractivity contribution < 1.29 is 14.6 Å². The third-order valence-corrected chi connectivity index (χ3v) is 2.80. The van der Waals surface area contributed by atoms with Gasteiger partial charge in [-0.3, -0.25) is 0 Å². The van der Waals surface area contributed by atoms with Crippen LogP contribution in [0.15, 0.2) is 30.3 Å². The lowest BCUT2D eigenvalue weighted by atomic mass is 10.1. The van der Waals surface area contributed by atoms with Crippen LogP contribution in [-0.2, 0) is 0 Å². The second-order valence-corrected chi connectivity index (χ2v) is 4.55. The van der Waals surface area contributed by atoms with Gasteiger partial charge in [-0.25, -0.2) is 9.78 Å². The van der Waals surface area contributed by atoms with E-state index in [9.17, 15) is 4.79 Å². The Bertz CT molecular complexity index is 641. The molecule has 0 radical (unpaired) electrons. The Balaban J connectivity index is 2.42. The van der Waals surface area contributed by atoms with Gasteiger partial charge >= 0.3 is 5.97 Å². The van der Waals surface area contributed by atoms with Gasteiger partial charge in [0.1, 0.15) is 16.5 Å². The van der Waals surface area contributed by atoms with E-state index in [0.717, 1.165) is 11.1 Å². The lowest BCUT2D eigenvalue weighted by molar-refractivity contribution is 0.0693. The molecule has 0 fully saturated rings. The molecule has 4 nitrogen and oxygen atoms in total. The molecule has 0 saturated heterocycles. The van der Waals surface area contributed by atoms with Crippen LogP contribution < -0.4 is 4.74 Å². The summed E-state index contributed by atoms with van der Waals surface area (Å²) in [7, 11) is 0. The quantitative estimate of drug-likeness (QED) is 0.866. The summed E-state index contributed by atoms with van der Waals surface area (Å²) in [5.74, 6) is -0.557. The number of halogens is 1. The lowest BCUT2D eigenvalue weighted by Gasteiger charge is -2.10. The average Bonchev–Trinajstić information content (AvgIpc) is 2.32. The predicted molar refractivity (Wildman–Crippen MR) is 72.2 cm³/mol. The molecule has 0 aliphatic heterocycles. The maximum atomic E-state index is 11.1. The summed E-state index contributed by atoms with van der Waals surface area (Å²) in [4.78, 5) is 15.0. The molecular weight excluding hydrogens is 266 g/mol. The standard InChI is InChI=1S/C14H12ClNO3/c1-8-3-5-11(9(2)7-8)19-13-10(14(17)18)4-6-12(15)16-13/h3-7H,1-2H3,(H,17,18). The first-order valence-corrected chi connectivity index (χ1v) is 6.00. The lowest BCUT2D eigenvalue weighted by Crippen LogP contribution is -2.02. The van der Waals surface area contributed by atoms with E-state index < -0.39 is 5.97 Å². The normalized spacial score (nSPS) is 10.3. The molecule has 1 heterocycles. The van der Waals surface area contributed by atoms with Gasteiger partial charge in [-0.15, -0.1) is 0 Å². The summed E-state index contributed by atoms with van der Waals surface area (Å²) in [5, 5.41) is 9.27. The number of rotatable bonds is 3. The summed E-state index contributed by atoms with van der Waals surface area (Å²) in [5.41, 5.74) is 1.98. The molecule has 2 rings (SSSR count). The van der Waals surface area contributed by atoms with Crippen molar-refractivity contribution in [1.82, 2.24) is 4.98 Å². The van der Waals surface area contributed by atoms with Crippen LogP contribution in [0, 0.1) is 13.8 Å². The minimum absolute atomic E-state index is 0.00745. The summed E-state index contributed by atoms with van der Waals surface area (Å²) < 4.78 is 5.56. The minimum atomic E-state index is -1.11. The van der Waals surface area contributed by atoms with Crippen molar-refractivity contribution in [2.75, 3.05) is 0 Å². The number of nitrogens with zero attached hydrogens (tertiary/aromatic N) is 1. The van der Waals surface area contributed by atoms with Crippen molar-refractivity contribution in [1.29, 1.82) is 0 Å².